The maximum absolute atomic E-state index is 7.12. The maximum Gasteiger partial charge on any atom is 0.161 e. The van der Waals surface area contributed by atoms with Crippen LogP contribution in [0.4, 0.5) is 0 Å². The van der Waals surface area contributed by atoms with Crippen LogP contribution < -0.4 is 15.2 Å². The Morgan fingerprint density at radius 1 is 1.13 bits per heavy atom. The molecule has 2 rings (SSSR count). The van der Waals surface area contributed by atoms with E-state index in [2.05, 4.69) is 6.07 Å². The van der Waals surface area contributed by atoms with E-state index in [1.165, 1.54) is 5.56 Å². The highest BCUT2D eigenvalue weighted by molar-refractivity contribution is 5.43. The maximum atomic E-state index is 7.12. The number of benzene rings is 1. The molecule has 1 aromatic carbocycles. The Bertz CT molecular complexity index is 325. The molecule has 1 aliphatic rings. The molecule has 0 saturated heterocycles. The Hall–Kier alpha value is -1.22. The van der Waals surface area contributed by atoms with E-state index < -0.39 is 0 Å². The van der Waals surface area contributed by atoms with Gasteiger partial charge in [0.2, 0.25) is 0 Å². The lowest BCUT2D eigenvalue weighted by Crippen LogP contribution is -1.97. The Labute approximate surface area is 90.2 Å². The van der Waals surface area contributed by atoms with Crippen molar-refractivity contribution in [3.8, 4) is 11.5 Å². The second kappa shape index (κ2) is 5.03. The molecule has 0 amide bonds. The quantitative estimate of drug-likeness (QED) is 0.759. The Morgan fingerprint density at radius 2 is 1.93 bits per heavy atom. The van der Waals surface area contributed by atoms with Gasteiger partial charge in [-0.15, -0.1) is 0 Å². The standard InChI is InChI=1S/C12H16NO2/c13-6-1-3-10-4-5-11-12(9-10)15-8-2-7-14-11/h4-5,9,13H,1-3,6-8H2. The van der Waals surface area contributed by atoms with Crippen molar-refractivity contribution in [3.05, 3.63) is 23.8 Å². The smallest absolute Gasteiger partial charge is 0.161 e. The largest absolute Gasteiger partial charge is 0.490 e. The van der Waals surface area contributed by atoms with Crippen molar-refractivity contribution in [2.24, 2.45) is 0 Å². The normalized spacial score (nSPS) is 14.7. The van der Waals surface area contributed by atoms with Gasteiger partial charge < -0.3 is 9.47 Å². The van der Waals surface area contributed by atoms with Crippen molar-refractivity contribution in [2.45, 2.75) is 19.3 Å². The summed E-state index contributed by atoms with van der Waals surface area (Å²) in [6, 6.07) is 6.07. The number of hydrogen-bond donors (Lipinski definition) is 0. The minimum atomic E-state index is 0.481. The summed E-state index contributed by atoms with van der Waals surface area (Å²) in [5.41, 5.74) is 8.35. The van der Waals surface area contributed by atoms with E-state index in [0.717, 1.165) is 44.0 Å². The summed E-state index contributed by atoms with van der Waals surface area (Å²) >= 11 is 0. The third kappa shape index (κ3) is 2.63. The van der Waals surface area contributed by atoms with Gasteiger partial charge in [-0.3, -0.25) is 5.73 Å². The molecule has 0 aromatic heterocycles. The summed E-state index contributed by atoms with van der Waals surface area (Å²) in [6.45, 7) is 1.95. The van der Waals surface area contributed by atoms with E-state index in [0.29, 0.717) is 6.54 Å². The molecule has 0 atom stereocenters. The van der Waals surface area contributed by atoms with Crippen LogP contribution in [0.1, 0.15) is 18.4 Å². The summed E-state index contributed by atoms with van der Waals surface area (Å²) in [5, 5.41) is 0. The van der Waals surface area contributed by atoms with Crippen LogP contribution in [-0.4, -0.2) is 19.8 Å². The zero-order chi connectivity index (χ0) is 10.5. The van der Waals surface area contributed by atoms with Gasteiger partial charge in [0.05, 0.1) is 13.2 Å². The van der Waals surface area contributed by atoms with E-state index in [1.54, 1.807) is 0 Å². The molecular formula is C12H16NO2. The van der Waals surface area contributed by atoms with Crippen LogP contribution in [0.15, 0.2) is 18.2 Å². The number of fused-ring (bicyclic) bond motifs is 1. The van der Waals surface area contributed by atoms with Crippen LogP contribution in [0.25, 0.3) is 0 Å². The Morgan fingerprint density at radius 3 is 2.73 bits per heavy atom. The first kappa shape index (κ1) is 10.3. The van der Waals surface area contributed by atoms with Crippen LogP contribution in [-0.2, 0) is 6.42 Å². The van der Waals surface area contributed by atoms with Crippen molar-refractivity contribution < 1.29 is 9.47 Å². The second-order valence-corrected chi connectivity index (χ2v) is 3.69. The molecule has 1 N–H and O–H groups in total. The number of ether oxygens (including phenoxy) is 2. The van der Waals surface area contributed by atoms with E-state index in [1.807, 2.05) is 12.1 Å². The monoisotopic (exact) mass is 206 g/mol. The second-order valence-electron chi connectivity index (χ2n) is 3.69. The lowest BCUT2D eigenvalue weighted by molar-refractivity contribution is 0.297. The molecule has 1 heterocycles. The molecule has 3 nitrogen and oxygen atoms in total. The zero-order valence-electron chi connectivity index (χ0n) is 8.79. The van der Waals surface area contributed by atoms with E-state index in [4.69, 9.17) is 15.2 Å². The first-order valence-electron chi connectivity index (χ1n) is 5.43. The van der Waals surface area contributed by atoms with Gasteiger partial charge in [0.15, 0.2) is 11.5 Å². The van der Waals surface area contributed by atoms with Crippen LogP contribution in [0.5, 0.6) is 11.5 Å². The van der Waals surface area contributed by atoms with Crippen LogP contribution >= 0.6 is 0 Å². The van der Waals surface area contributed by atoms with Gasteiger partial charge in [-0.05, 0) is 30.5 Å². The van der Waals surface area contributed by atoms with Gasteiger partial charge in [-0.1, -0.05) is 6.07 Å². The van der Waals surface area contributed by atoms with Crippen LogP contribution in [0.3, 0.4) is 0 Å². The molecular weight excluding hydrogens is 190 g/mol. The highest BCUT2D eigenvalue weighted by atomic mass is 16.5. The molecule has 1 aliphatic heterocycles. The molecule has 1 radical (unpaired) electrons. The van der Waals surface area contributed by atoms with Gasteiger partial charge in [0, 0.05) is 13.0 Å². The van der Waals surface area contributed by atoms with Crippen molar-refractivity contribution in [3.63, 3.8) is 0 Å². The zero-order valence-corrected chi connectivity index (χ0v) is 8.79. The van der Waals surface area contributed by atoms with Crippen molar-refractivity contribution >= 4 is 0 Å². The fourth-order valence-electron chi connectivity index (χ4n) is 1.66. The number of aryl methyl sites for hydroxylation is 1. The van der Waals surface area contributed by atoms with Crippen molar-refractivity contribution in [1.82, 2.24) is 5.73 Å². The lowest BCUT2D eigenvalue weighted by atomic mass is 10.1. The van der Waals surface area contributed by atoms with Gasteiger partial charge in [0.1, 0.15) is 0 Å². The molecule has 15 heavy (non-hydrogen) atoms. The third-order valence-corrected chi connectivity index (χ3v) is 2.45. The summed E-state index contributed by atoms with van der Waals surface area (Å²) in [5.74, 6) is 1.71. The topological polar surface area (TPSA) is 42.3 Å². The Kier molecular flexibility index (Phi) is 3.45. The molecule has 0 saturated carbocycles. The number of nitrogens with one attached hydrogen (secondary N) is 1. The van der Waals surface area contributed by atoms with Gasteiger partial charge in [-0.2, -0.15) is 0 Å². The molecule has 0 fully saturated rings. The average Bonchev–Trinajstić information content (AvgIpc) is 2.50. The number of rotatable bonds is 3. The Balaban J connectivity index is 2.13. The van der Waals surface area contributed by atoms with Gasteiger partial charge >= 0.3 is 0 Å². The highest BCUT2D eigenvalue weighted by Crippen LogP contribution is 2.30. The molecule has 0 bridgehead atoms. The summed E-state index contributed by atoms with van der Waals surface area (Å²) in [4.78, 5) is 0. The minimum absolute atomic E-state index is 0.481. The van der Waals surface area contributed by atoms with Gasteiger partial charge in [-0.25, -0.2) is 0 Å². The molecule has 0 unspecified atom stereocenters. The van der Waals surface area contributed by atoms with Crippen LogP contribution in [0.2, 0.25) is 0 Å². The van der Waals surface area contributed by atoms with E-state index in [-0.39, 0.29) is 0 Å². The molecule has 0 aliphatic carbocycles. The molecule has 0 spiro atoms. The SMILES string of the molecule is [NH]CCCc1ccc2c(c1)OCCCO2. The number of hydrogen-bond acceptors (Lipinski definition) is 2. The average molecular weight is 206 g/mol. The summed E-state index contributed by atoms with van der Waals surface area (Å²) in [6.07, 6.45) is 2.79. The van der Waals surface area contributed by atoms with Crippen LogP contribution in [0, 0.1) is 0 Å². The summed E-state index contributed by atoms with van der Waals surface area (Å²) in [7, 11) is 0. The predicted molar refractivity (Wildman–Crippen MR) is 58.3 cm³/mol. The lowest BCUT2D eigenvalue weighted by Gasteiger charge is -2.08. The molecule has 81 valence electrons. The van der Waals surface area contributed by atoms with Crippen molar-refractivity contribution in [2.75, 3.05) is 19.8 Å². The molecule has 1 aromatic rings. The predicted octanol–water partition coefficient (Wildman–Crippen LogP) is 2.06. The summed E-state index contributed by atoms with van der Waals surface area (Å²) < 4.78 is 11.1. The van der Waals surface area contributed by atoms with E-state index in [9.17, 15) is 0 Å². The van der Waals surface area contributed by atoms with Crippen molar-refractivity contribution in [1.29, 1.82) is 0 Å². The first-order valence-corrected chi connectivity index (χ1v) is 5.43. The van der Waals surface area contributed by atoms with E-state index >= 15 is 0 Å². The van der Waals surface area contributed by atoms with Gasteiger partial charge in [0.25, 0.3) is 0 Å². The molecule has 3 heteroatoms. The minimum Gasteiger partial charge on any atom is -0.490 e. The first-order chi connectivity index (χ1) is 7.40. The fourth-order valence-corrected chi connectivity index (χ4v) is 1.66. The fraction of sp³-hybridized carbons (Fsp3) is 0.500. The highest BCUT2D eigenvalue weighted by Gasteiger charge is 2.10. The third-order valence-electron chi connectivity index (χ3n) is 2.45.